The summed E-state index contributed by atoms with van der Waals surface area (Å²) in [5.74, 6) is -1.18. The molecule has 0 amide bonds. The van der Waals surface area contributed by atoms with Gasteiger partial charge in [0.25, 0.3) is 0 Å². The number of hydrogen-bond donors (Lipinski definition) is 1. The third-order valence-electron chi connectivity index (χ3n) is 4.12. The second-order valence-corrected chi connectivity index (χ2v) is 7.10. The van der Waals surface area contributed by atoms with Crippen LogP contribution in [0.3, 0.4) is 0 Å². The lowest BCUT2D eigenvalue weighted by Crippen LogP contribution is -2.07. The molecule has 0 saturated carbocycles. The highest BCUT2D eigenvalue weighted by Gasteiger charge is 2.09. The molecule has 0 aliphatic heterocycles. The average Bonchev–Trinajstić information content (AvgIpc) is 2.61. The second kappa shape index (κ2) is 12.3. The lowest BCUT2D eigenvalue weighted by molar-refractivity contribution is -0.138. The maximum absolute atomic E-state index is 11.7. The van der Waals surface area contributed by atoms with Gasteiger partial charge in [0.05, 0.1) is 12.2 Å². The topological polar surface area (TPSA) is 63.6 Å². The van der Waals surface area contributed by atoms with Crippen molar-refractivity contribution < 1.29 is 19.4 Å². The molecule has 1 N–H and O–H groups in total. The van der Waals surface area contributed by atoms with E-state index in [-0.39, 0.29) is 11.5 Å². The number of unbranched alkanes of at least 4 members (excludes halogenated alkanes) is 5. The molecule has 0 saturated heterocycles. The van der Waals surface area contributed by atoms with Gasteiger partial charge < -0.3 is 9.84 Å². The molecule has 4 nitrogen and oxygen atoms in total. The minimum Gasteiger partial charge on any atom is -0.478 e. The highest BCUT2D eigenvalue weighted by molar-refractivity contribution is 5.95. The number of carbonyl (C=O) groups is 2. The maximum atomic E-state index is 11.7. The first-order valence-corrected chi connectivity index (χ1v) is 9.65. The van der Waals surface area contributed by atoms with Crippen molar-refractivity contribution >= 4 is 18.0 Å². The van der Waals surface area contributed by atoms with Crippen molar-refractivity contribution in [2.24, 2.45) is 5.92 Å². The quantitative estimate of drug-likeness (QED) is 0.304. The van der Waals surface area contributed by atoms with Crippen LogP contribution in [0.4, 0.5) is 0 Å². The first-order chi connectivity index (χ1) is 12.4. The first-order valence-electron chi connectivity index (χ1n) is 9.65. The van der Waals surface area contributed by atoms with E-state index in [2.05, 4.69) is 6.92 Å². The van der Waals surface area contributed by atoms with Gasteiger partial charge >= 0.3 is 11.9 Å². The normalized spacial score (nSPS) is 11.2. The highest BCUT2D eigenvalue weighted by Crippen LogP contribution is 2.17. The number of carboxylic acid groups (broad SMARTS) is 1. The van der Waals surface area contributed by atoms with E-state index in [9.17, 15) is 14.7 Å². The van der Waals surface area contributed by atoms with E-state index in [1.807, 2.05) is 26.0 Å². The van der Waals surface area contributed by atoms with Gasteiger partial charge in [-0.05, 0) is 42.0 Å². The fourth-order valence-corrected chi connectivity index (χ4v) is 2.66. The van der Waals surface area contributed by atoms with E-state index < -0.39 is 11.9 Å². The van der Waals surface area contributed by atoms with Crippen molar-refractivity contribution in [1.82, 2.24) is 0 Å². The Morgan fingerprint density at radius 2 is 1.81 bits per heavy atom. The summed E-state index contributed by atoms with van der Waals surface area (Å²) in [6.45, 7) is 6.49. The standard InChI is InChI=1S/C22H32O4/c1-4-5-6-7-8-9-10-18-11-13-20(22(24)25)19(15-18)12-14-21(23)26-16-17(2)3/h11-15,17H,4-10,16H2,1-3H3,(H,24,25)/b14-12+. The van der Waals surface area contributed by atoms with E-state index in [4.69, 9.17) is 4.74 Å². The Morgan fingerprint density at radius 1 is 1.12 bits per heavy atom. The van der Waals surface area contributed by atoms with Crippen LogP contribution in [-0.4, -0.2) is 23.7 Å². The average molecular weight is 360 g/mol. The van der Waals surface area contributed by atoms with Crippen LogP contribution in [0.1, 0.15) is 80.8 Å². The molecule has 0 aromatic heterocycles. The summed E-state index contributed by atoms with van der Waals surface area (Å²) in [7, 11) is 0. The number of aryl methyl sites for hydroxylation is 1. The van der Waals surface area contributed by atoms with Crippen molar-refractivity contribution in [3.63, 3.8) is 0 Å². The zero-order chi connectivity index (χ0) is 19.4. The number of carboxylic acids is 1. The molecule has 4 heteroatoms. The minimum atomic E-state index is -0.994. The fraction of sp³-hybridized carbons (Fsp3) is 0.545. The number of hydrogen-bond acceptors (Lipinski definition) is 3. The van der Waals surface area contributed by atoms with Crippen LogP contribution in [0.2, 0.25) is 0 Å². The summed E-state index contributed by atoms with van der Waals surface area (Å²) < 4.78 is 5.09. The summed E-state index contributed by atoms with van der Waals surface area (Å²) >= 11 is 0. The van der Waals surface area contributed by atoms with Gasteiger partial charge in [0.1, 0.15) is 0 Å². The summed E-state index contributed by atoms with van der Waals surface area (Å²) in [5, 5.41) is 9.34. The maximum Gasteiger partial charge on any atom is 0.336 e. The Labute approximate surface area is 157 Å². The summed E-state index contributed by atoms with van der Waals surface area (Å²) in [6.07, 6.45) is 11.1. The van der Waals surface area contributed by atoms with Crippen LogP contribution < -0.4 is 0 Å². The molecule has 0 atom stereocenters. The van der Waals surface area contributed by atoms with E-state index >= 15 is 0 Å². The van der Waals surface area contributed by atoms with E-state index in [1.54, 1.807) is 6.07 Å². The third-order valence-corrected chi connectivity index (χ3v) is 4.12. The molecule has 0 unspecified atom stereocenters. The van der Waals surface area contributed by atoms with E-state index in [0.29, 0.717) is 12.2 Å². The van der Waals surface area contributed by atoms with Crippen molar-refractivity contribution in [3.05, 3.63) is 41.0 Å². The molecule has 0 radical (unpaired) electrons. The monoisotopic (exact) mass is 360 g/mol. The van der Waals surface area contributed by atoms with Crippen LogP contribution in [0.5, 0.6) is 0 Å². The van der Waals surface area contributed by atoms with Crippen LogP contribution in [0.25, 0.3) is 6.08 Å². The number of ether oxygens (including phenoxy) is 1. The number of carbonyl (C=O) groups excluding carboxylic acids is 1. The predicted molar refractivity (Wildman–Crippen MR) is 105 cm³/mol. The predicted octanol–water partition coefficient (Wildman–Crippen LogP) is 5.50. The van der Waals surface area contributed by atoms with Crippen molar-refractivity contribution in [2.75, 3.05) is 6.61 Å². The van der Waals surface area contributed by atoms with E-state index in [1.165, 1.54) is 44.3 Å². The van der Waals surface area contributed by atoms with Crippen LogP contribution in [-0.2, 0) is 16.0 Å². The van der Waals surface area contributed by atoms with Crippen molar-refractivity contribution in [1.29, 1.82) is 0 Å². The highest BCUT2D eigenvalue weighted by atomic mass is 16.5. The van der Waals surface area contributed by atoms with E-state index in [0.717, 1.165) is 18.4 Å². The Bertz CT molecular complexity index is 602. The van der Waals surface area contributed by atoms with Gasteiger partial charge in [0.15, 0.2) is 0 Å². The molecule has 1 aromatic carbocycles. The molecule has 0 aliphatic carbocycles. The molecule has 0 fully saturated rings. The smallest absolute Gasteiger partial charge is 0.336 e. The molecular formula is C22H32O4. The summed E-state index contributed by atoms with van der Waals surface area (Å²) in [4.78, 5) is 23.1. The van der Waals surface area contributed by atoms with Gasteiger partial charge in [-0.3, -0.25) is 0 Å². The Morgan fingerprint density at radius 3 is 2.46 bits per heavy atom. The van der Waals surface area contributed by atoms with Gasteiger partial charge in [0, 0.05) is 6.08 Å². The lowest BCUT2D eigenvalue weighted by Gasteiger charge is -2.07. The SMILES string of the molecule is CCCCCCCCc1ccc(C(=O)O)c(/C=C/C(=O)OCC(C)C)c1. The van der Waals surface area contributed by atoms with Gasteiger partial charge in [-0.25, -0.2) is 9.59 Å². The zero-order valence-corrected chi connectivity index (χ0v) is 16.3. The molecule has 0 bridgehead atoms. The number of aromatic carboxylic acids is 1. The van der Waals surface area contributed by atoms with Gasteiger partial charge in [-0.1, -0.05) is 65.0 Å². The fourth-order valence-electron chi connectivity index (χ4n) is 2.66. The molecule has 0 heterocycles. The molecule has 1 rings (SSSR count). The van der Waals surface area contributed by atoms with Crippen LogP contribution in [0, 0.1) is 5.92 Å². The van der Waals surface area contributed by atoms with Gasteiger partial charge in [-0.15, -0.1) is 0 Å². The van der Waals surface area contributed by atoms with Crippen LogP contribution >= 0.6 is 0 Å². The largest absolute Gasteiger partial charge is 0.478 e. The van der Waals surface area contributed by atoms with Gasteiger partial charge in [0.2, 0.25) is 0 Å². The molecule has 0 spiro atoms. The lowest BCUT2D eigenvalue weighted by atomic mass is 9.99. The van der Waals surface area contributed by atoms with Gasteiger partial charge in [-0.2, -0.15) is 0 Å². The minimum absolute atomic E-state index is 0.199. The van der Waals surface area contributed by atoms with Crippen molar-refractivity contribution in [2.45, 2.75) is 65.7 Å². The number of benzene rings is 1. The molecular weight excluding hydrogens is 328 g/mol. The Balaban J connectivity index is 2.69. The first kappa shape index (κ1) is 21.9. The summed E-state index contributed by atoms with van der Waals surface area (Å²) in [6, 6.07) is 5.35. The second-order valence-electron chi connectivity index (χ2n) is 7.10. The molecule has 1 aromatic rings. The van der Waals surface area contributed by atoms with Crippen LogP contribution in [0.15, 0.2) is 24.3 Å². The summed E-state index contributed by atoms with van der Waals surface area (Å²) in [5.41, 5.74) is 1.84. The van der Waals surface area contributed by atoms with Crippen molar-refractivity contribution in [3.8, 4) is 0 Å². The Hall–Kier alpha value is -2.10. The number of rotatable bonds is 12. The molecule has 144 valence electrons. The Kier molecular flexibility index (Phi) is 10.4. The molecule has 26 heavy (non-hydrogen) atoms. The molecule has 0 aliphatic rings. The third kappa shape index (κ3) is 8.84. The number of esters is 1. The zero-order valence-electron chi connectivity index (χ0n) is 16.3.